The molecule has 2 aromatic carbocycles. The summed E-state index contributed by atoms with van der Waals surface area (Å²) in [6, 6.07) is 17.5. The molecule has 0 saturated carbocycles. The van der Waals surface area contributed by atoms with Crippen LogP contribution in [0.2, 0.25) is 0 Å². The fraction of sp³-hybridized carbons (Fsp3) is 0.188. The summed E-state index contributed by atoms with van der Waals surface area (Å²) in [5.74, 6) is 0.0701. The van der Waals surface area contributed by atoms with Gasteiger partial charge < -0.3 is 11.1 Å². The molecule has 3 N–H and O–H groups in total. The molecule has 1 amide bonds. The summed E-state index contributed by atoms with van der Waals surface area (Å²) in [7, 11) is 0. The largest absolute Gasteiger partial charge is 0.399 e. The average Bonchev–Trinajstić information content (AvgIpc) is 2.45. The lowest BCUT2D eigenvalue weighted by Gasteiger charge is -2.06. The first-order valence-corrected chi connectivity index (χ1v) is 6.39. The molecule has 0 spiro atoms. The van der Waals surface area contributed by atoms with Gasteiger partial charge >= 0.3 is 0 Å². The van der Waals surface area contributed by atoms with Gasteiger partial charge in [0.05, 0.1) is 0 Å². The van der Waals surface area contributed by atoms with Crippen molar-refractivity contribution in [3.8, 4) is 0 Å². The third-order valence-corrected chi connectivity index (χ3v) is 2.95. The third kappa shape index (κ3) is 4.47. The van der Waals surface area contributed by atoms with Crippen LogP contribution in [0.15, 0.2) is 54.6 Å². The Bertz CT molecular complexity index is 520. The van der Waals surface area contributed by atoms with E-state index in [1.165, 1.54) is 5.56 Å². The van der Waals surface area contributed by atoms with E-state index in [1.807, 2.05) is 54.6 Å². The zero-order valence-electron chi connectivity index (χ0n) is 10.8. The molecule has 0 aliphatic carbocycles. The van der Waals surface area contributed by atoms with Gasteiger partial charge in [-0.2, -0.15) is 0 Å². The molecule has 2 rings (SSSR count). The number of amides is 1. The lowest BCUT2D eigenvalue weighted by molar-refractivity contribution is -0.121. The third-order valence-electron chi connectivity index (χ3n) is 2.95. The number of hydrogen-bond acceptors (Lipinski definition) is 2. The highest BCUT2D eigenvalue weighted by molar-refractivity contribution is 5.76. The molecule has 98 valence electrons. The van der Waals surface area contributed by atoms with Crippen molar-refractivity contribution >= 4 is 11.6 Å². The summed E-state index contributed by atoms with van der Waals surface area (Å²) in [6.07, 6.45) is 1.29. The van der Waals surface area contributed by atoms with Crippen molar-refractivity contribution in [3.05, 3.63) is 65.7 Å². The molecule has 0 saturated heterocycles. The van der Waals surface area contributed by atoms with Gasteiger partial charge in [0.15, 0.2) is 0 Å². The Morgan fingerprint density at radius 2 is 1.63 bits per heavy atom. The number of nitrogens with two attached hydrogens (primary N) is 1. The van der Waals surface area contributed by atoms with Crippen LogP contribution in [0, 0.1) is 0 Å². The van der Waals surface area contributed by atoms with Gasteiger partial charge in [-0.1, -0.05) is 42.5 Å². The van der Waals surface area contributed by atoms with E-state index in [2.05, 4.69) is 5.32 Å². The highest BCUT2D eigenvalue weighted by Gasteiger charge is 2.02. The van der Waals surface area contributed by atoms with Gasteiger partial charge in [-0.05, 0) is 29.7 Å². The zero-order chi connectivity index (χ0) is 13.5. The average molecular weight is 254 g/mol. The molecule has 0 fully saturated rings. The van der Waals surface area contributed by atoms with Crippen LogP contribution in [0.3, 0.4) is 0 Å². The molecule has 19 heavy (non-hydrogen) atoms. The number of hydrogen-bond donors (Lipinski definition) is 2. The normalized spacial score (nSPS) is 10.1. The lowest BCUT2D eigenvalue weighted by Crippen LogP contribution is -2.22. The predicted molar refractivity (Wildman–Crippen MR) is 77.5 cm³/mol. The molecule has 0 radical (unpaired) electrons. The number of nitrogen functional groups attached to an aromatic ring is 1. The Morgan fingerprint density at radius 3 is 2.32 bits per heavy atom. The lowest BCUT2D eigenvalue weighted by atomic mass is 10.1. The van der Waals surface area contributed by atoms with Crippen LogP contribution in [0.5, 0.6) is 0 Å². The van der Waals surface area contributed by atoms with E-state index in [-0.39, 0.29) is 5.91 Å². The number of anilines is 1. The first-order chi connectivity index (χ1) is 9.24. The van der Waals surface area contributed by atoms with Crippen LogP contribution in [-0.4, -0.2) is 5.91 Å². The smallest absolute Gasteiger partial charge is 0.220 e. The summed E-state index contributed by atoms with van der Waals surface area (Å²) in [4.78, 5) is 11.7. The van der Waals surface area contributed by atoms with E-state index in [4.69, 9.17) is 5.73 Å². The first-order valence-electron chi connectivity index (χ1n) is 6.39. The molecule has 2 aromatic rings. The SMILES string of the molecule is Nc1ccc(CNC(=O)CCc2ccccc2)cc1. The van der Waals surface area contributed by atoms with E-state index >= 15 is 0 Å². The van der Waals surface area contributed by atoms with Gasteiger partial charge in [0.1, 0.15) is 0 Å². The van der Waals surface area contributed by atoms with Crippen LogP contribution in [0.1, 0.15) is 17.5 Å². The zero-order valence-corrected chi connectivity index (χ0v) is 10.8. The molecular formula is C16H18N2O. The van der Waals surface area contributed by atoms with E-state index in [9.17, 15) is 4.79 Å². The van der Waals surface area contributed by atoms with E-state index < -0.39 is 0 Å². The number of benzene rings is 2. The predicted octanol–water partition coefficient (Wildman–Crippen LogP) is 2.52. The molecule has 0 heterocycles. The van der Waals surface area contributed by atoms with Gasteiger partial charge in [-0.3, -0.25) is 4.79 Å². The van der Waals surface area contributed by atoms with Crippen LogP contribution >= 0.6 is 0 Å². The van der Waals surface area contributed by atoms with Crippen LogP contribution in [0.25, 0.3) is 0 Å². The maximum Gasteiger partial charge on any atom is 0.220 e. The quantitative estimate of drug-likeness (QED) is 0.805. The summed E-state index contributed by atoms with van der Waals surface area (Å²) < 4.78 is 0. The molecular weight excluding hydrogens is 236 g/mol. The Balaban J connectivity index is 1.74. The van der Waals surface area contributed by atoms with Gasteiger partial charge in [-0.15, -0.1) is 0 Å². The summed E-state index contributed by atoms with van der Waals surface area (Å²) in [5.41, 5.74) is 8.59. The minimum absolute atomic E-state index is 0.0701. The topological polar surface area (TPSA) is 55.1 Å². The second-order valence-electron chi connectivity index (χ2n) is 4.50. The Morgan fingerprint density at radius 1 is 0.947 bits per heavy atom. The maximum absolute atomic E-state index is 11.7. The number of rotatable bonds is 5. The van der Waals surface area contributed by atoms with Crippen molar-refractivity contribution in [1.82, 2.24) is 5.32 Å². The van der Waals surface area contributed by atoms with Crippen molar-refractivity contribution in [2.45, 2.75) is 19.4 Å². The Kier molecular flexibility index (Phi) is 4.56. The second-order valence-corrected chi connectivity index (χ2v) is 4.50. The first kappa shape index (κ1) is 13.1. The van der Waals surface area contributed by atoms with Crippen LogP contribution < -0.4 is 11.1 Å². The molecule has 0 aliphatic heterocycles. The highest BCUT2D eigenvalue weighted by atomic mass is 16.1. The number of carbonyl (C=O) groups excluding carboxylic acids is 1. The summed E-state index contributed by atoms with van der Waals surface area (Å²) in [5, 5.41) is 2.91. The molecule has 3 heteroatoms. The Hall–Kier alpha value is -2.29. The van der Waals surface area contributed by atoms with E-state index in [1.54, 1.807) is 0 Å². The number of aryl methyl sites for hydroxylation is 1. The van der Waals surface area contributed by atoms with Crippen molar-refractivity contribution in [2.75, 3.05) is 5.73 Å². The maximum atomic E-state index is 11.7. The summed E-state index contributed by atoms with van der Waals surface area (Å²) >= 11 is 0. The fourth-order valence-electron chi connectivity index (χ4n) is 1.83. The standard InChI is InChI=1S/C16H18N2O/c17-15-9-6-14(7-10-15)12-18-16(19)11-8-13-4-2-1-3-5-13/h1-7,9-10H,8,11-12,17H2,(H,18,19). The minimum atomic E-state index is 0.0701. The molecule has 0 atom stereocenters. The van der Waals surface area contributed by atoms with Gasteiger partial charge in [0.25, 0.3) is 0 Å². The fourth-order valence-corrected chi connectivity index (χ4v) is 1.83. The number of carbonyl (C=O) groups is 1. The number of nitrogens with one attached hydrogen (secondary N) is 1. The van der Waals surface area contributed by atoms with Crippen molar-refractivity contribution in [3.63, 3.8) is 0 Å². The molecule has 0 aliphatic rings. The highest BCUT2D eigenvalue weighted by Crippen LogP contribution is 2.06. The van der Waals surface area contributed by atoms with Crippen LogP contribution in [-0.2, 0) is 17.8 Å². The van der Waals surface area contributed by atoms with E-state index in [0.717, 1.165) is 17.7 Å². The van der Waals surface area contributed by atoms with Crippen molar-refractivity contribution in [2.24, 2.45) is 0 Å². The monoisotopic (exact) mass is 254 g/mol. The Labute approximate surface area is 113 Å². The van der Waals surface area contributed by atoms with Crippen molar-refractivity contribution in [1.29, 1.82) is 0 Å². The van der Waals surface area contributed by atoms with Crippen molar-refractivity contribution < 1.29 is 4.79 Å². The van der Waals surface area contributed by atoms with Gasteiger partial charge in [-0.25, -0.2) is 0 Å². The molecule has 0 bridgehead atoms. The molecule has 0 aromatic heterocycles. The van der Waals surface area contributed by atoms with Gasteiger partial charge in [0, 0.05) is 18.7 Å². The molecule has 3 nitrogen and oxygen atoms in total. The van der Waals surface area contributed by atoms with Gasteiger partial charge in [0.2, 0.25) is 5.91 Å². The van der Waals surface area contributed by atoms with Crippen LogP contribution in [0.4, 0.5) is 5.69 Å². The second kappa shape index (κ2) is 6.59. The minimum Gasteiger partial charge on any atom is -0.399 e. The summed E-state index contributed by atoms with van der Waals surface area (Å²) in [6.45, 7) is 0.550. The molecule has 0 unspecified atom stereocenters. The van der Waals surface area contributed by atoms with E-state index in [0.29, 0.717) is 13.0 Å².